The number of carbonyl (C=O) groups is 2. The first-order valence-electron chi connectivity index (χ1n) is 8.04. The Morgan fingerprint density at radius 3 is 2.07 bits per heavy atom. The number of halogens is 1. The average molecular weight is 382 g/mol. The van der Waals surface area contributed by atoms with Gasteiger partial charge in [0.1, 0.15) is 5.69 Å². The summed E-state index contributed by atoms with van der Waals surface area (Å²) in [5, 5.41) is 9.05. The molecule has 2 aromatic carbocycles. The van der Waals surface area contributed by atoms with Gasteiger partial charge in [0.25, 0.3) is 5.91 Å². The van der Waals surface area contributed by atoms with Crippen LogP contribution in [0.3, 0.4) is 0 Å². The second kappa shape index (κ2) is 8.29. The molecule has 8 heteroatoms. The van der Waals surface area contributed by atoms with Crippen LogP contribution in [-0.2, 0) is 4.79 Å². The molecule has 0 fully saturated rings. The second-order valence-electron chi connectivity index (χ2n) is 5.61. The maximum absolute atomic E-state index is 12.4. The molecule has 7 nitrogen and oxygen atoms in total. The summed E-state index contributed by atoms with van der Waals surface area (Å²) < 4.78 is 0. The van der Waals surface area contributed by atoms with Crippen molar-refractivity contribution in [2.45, 2.75) is 6.92 Å². The smallest absolute Gasteiger partial charge is 0.274 e. The van der Waals surface area contributed by atoms with Crippen LogP contribution in [0.4, 0.5) is 23.0 Å². The number of nitrogens with zero attached hydrogens (tertiary/aromatic N) is 2. The molecule has 3 N–H and O–H groups in total. The van der Waals surface area contributed by atoms with Gasteiger partial charge in [-0.05, 0) is 54.6 Å². The van der Waals surface area contributed by atoms with Crippen LogP contribution in [0, 0.1) is 0 Å². The van der Waals surface area contributed by atoms with E-state index in [0.29, 0.717) is 22.3 Å². The summed E-state index contributed by atoms with van der Waals surface area (Å²) in [6.07, 6.45) is 1.50. The number of hydrogen-bond donors (Lipinski definition) is 3. The molecule has 1 heterocycles. The zero-order valence-electron chi connectivity index (χ0n) is 14.4. The first-order valence-corrected chi connectivity index (χ1v) is 8.42. The van der Waals surface area contributed by atoms with E-state index < -0.39 is 0 Å². The average Bonchev–Trinajstić information content (AvgIpc) is 2.65. The van der Waals surface area contributed by atoms with Gasteiger partial charge in [0.15, 0.2) is 0 Å². The van der Waals surface area contributed by atoms with E-state index >= 15 is 0 Å². The van der Waals surface area contributed by atoms with Crippen molar-refractivity contribution in [3.63, 3.8) is 0 Å². The predicted octanol–water partition coefficient (Wildman–Crippen LogP) is 4.08. The highest BCUT2D eigenvalue weighted by Crippen LogP contribution is 2.17. The van der Waals surface area contributed by atoms with E-state index in [1.807, 2.05) is 0 Å². The van der Waals surface area contributed by atoms with Crippen molar-refractivity contribution in [3.8, 4) is 0 Å². The molecule has 136 valence electrons. The highest BCUT2D eigenvalue weighted by Gasteiger charge is 2.10. The minimum atomic E-state index is -0.371. The van der Waals surface area contributed by atoms with Crippen molar-refractivity contribution in [2.75, 3.05) is 16.0 Å². The minimum Gasteiger partial charge on any atom is -0.326 e. The Balaban J connectivity index is 1.67. The van der Waals surface area contributed by atoms with Gasteiger partial charge in [-0.3, -0.25) is 9.59 Å². The molecule has 3 aromatic rings. The van der Waals surface area contributed by atoms with E-state index in [1.54, 1.807) is 48.5 Å². The van der Waals surface area contributed by atoms with Crippen molar-refractivity contribution < 1.29 is 9.59 Å². The van der Waals surface area contributed by atoms with Gasteiger partial charge >= 0.3 is 0 Å². The number of hydrogen-bond acceptors (Lipinski definition) is 5. The largest absolute Gasteiger partial charge is 0.326 e. The molecule has 0 bridgehead atoms. The van der Waals surface area contributed by atoms with E-state index in [-0.39, 0.29) is 17.5 Å². The zero-order chi connectivity index (χ0) is 19.2. The number of nitrogens with one attached hydrogen (secondary N) is 3. The van der Waals surface area contributed by atoms with Crippen molar-refractivity contribution in [3.05, 3.63) is 71.5 Å². The summed E-state index contributed by atoms with van der Waals surface area (Å²) in [6, 6.07) is 15.4. The lowest BCUT2D eigenvalue weighted by Crippen LogP contribution is -2.15. The van der Waals surface area contributed by atoms with Crippen LogP contribution < -0.4 is 16.0 Å². The van der Waals surface area contributed by atoms with E-state index in [1.165, 1.54) is 19.2 Å². The number of benzene rings is 2. The fraction of sp³-hybridized carbons (Fsp3) is 0.0526. The fourth-order valence-electron chi connectivity index (χ4n) is 2.24. The molecule has 0 radical (unpaired) electrons. The standard InChI is InChI=1S/C19H16ClN5O2/c1-12(26)22-14-6-8-15(9-7-14)23-18(27)17-10-11-21-19(25-17)24-16-4-2-13(20)3-5-16/h2-11H,1H3,(H,22,26)(H,23,27)(H,21,24,25). The maximum atomic E-state index is 12.4. The van der Waals surface area contributed by atoms with Gasteiger partial charge in [-0.1, -0.05) is 11.6 Å². The fourth-order valence-corrected chi connectivity index (χ4v) is 2.37. The second-order valence-corrected chi connectivity index (χ2v) is 6.05. The number of amides is 2. The Bertz CT molecular complexity index is 959. The van der Waals surface area contributed by atoms with Crippen LogP contribution in [0.25, 0.3) is 0 Å². The van der Waals surface area contributed by atoms with E-state index in [0.717, 1.165) is 5.69 Å². The first-order chi connectivity index (χ1) is 13.0. The van der Waals surface area contributed by atoms with Gasteiger partial charge in [-0.15, -0.1) is 0 Å². The molecule has 1 aromatic heterocycles. The van der Waals surface area contributed by atoms with Crippen LogP contribution in [-0.4, -0.2) is 21.8 Å². The lowest BCUT2D eigenvalue weighted by atomic mass is 10.2. The molecule has 0 saturated carbocycles. The Kier molecular flexibility index (Phi) is 5.63. The molecule has 27 heavy (non-hydrogen) atoms. The molecule has 3 rings (SSSR count). The molecule has 0 unspecified atom stereocenters. The Morgan fingerprint density at radius 1 is 0.852 bits per heavy atom. The van der Waals surface area contributed by atoms with E-state index in [4.69, 9.17) is 11.6 Å². The van der Waals surface area contributed by atoms with E-state index in [9.17, 15) is 9.59 Å². The molecule has 0 spiro atoms. The molecule has 0 atom stereocenters. The van der Waals surface area contributed by atoms with Crippen molar-refractivity contribution in [1.82, 2.24) is 9.97 Å². The number of carbonyl (C=O) groups excluding carboxylic acids is 2. The van der Waals surface area contributed by atoms with Gasteiger partial charge in [-0.2, -0.15) is 0 Å². The Hall–Kier alpha value is -3.45. The quantitative estimate of drug-likeness (QED) is 0.618. The van der Waals surface area contributed by atoms with Gasteiger partial charge in [-0.25, -0.2) is 9.97 Å². The van der Waals surface area contributed by atoms with Crippen LogP contribution in [0.1, 0.15) is 17.4 Å². The van der Waals surface area contributed by atoms with Crippen LogP contribution >= 0.6 is 11.6 Å². The summed E-state index contributed by atoms with van der Waals surface area (Å²) >= 11 is 5.86. The summed E-state index contributed by atoms with van der Waals surface area (Å²) in [7, 11) is 0. The first kappa shape index (κ1) is 18.3. The summed E-state index contributed by atoms with van der Waals surface area (Å²) in [5.74, 6) is -0.233. The summed E-state index contributed by atoms with van der Waals surface area (Å²) in [6.45, 7) is 1.43. The topological polar surface area (TPSA) is 96.0 Å². The van der Waals surface area contributed by atoms with Gasteiger partial charge < -0.3 is 16.0 Å². The summed E-state index contributed by atoms with van der Waals surface area (Å²) in [4.78, 5) is 31.8. The third kappa shape index (κ3) is 5.26. The third-order valence-corrected chi connectivity index (χ3v) is 3.70. The predicted molar refractivity (Wildman–Crippen MR) is 105 cm³/mol. The van der Waals surface area contributed by atoms with Crippen LogP contribution in [0.2, 0.25) is 5.02 Å². The number of rotatable bonds is 5. The molecular weight excluding hydrogens is 366 g/mol. The molecule has 0 saturated heterocycles. The lowest BCUT2D eigenvalue weighted by Gasteiger charge is -2.08. The highest BCUT2D eigenvalue weighted by molar-refractivity contribution is 6.30. The summed E-state index contributed by atoms with van der Waals surface area (Å²) in [5.41, 5.74) is 2.20. The molecule has 2 amide bonds. The monoisotopic (exact) mass is 381 g/mol. The normalized spacial score (nSPS) is 10.1. The maximum Gasteiger partial charge on any atom is 0.274 e. The Labute approximate surface area is 160 Å². The molecule has 0 aliphatic rings. The van der Waals surface area contributed by atoms with Gasteiger partial charge in [0.2, 0.25) is 11.9 Å². The zero-order valence-corrected chi connectivity index (χ0v) is 15.1. The van der Waals surface area contributed by atoms with E-state index in [2.05, 4.69) is 25.9 Å². The van der Waals surface area contributed by atoms with Gasteiger partial charge in [0.05, 0.1) is 0 Å². The minimum absolute atomic E-state index is 0.159. The van der Waals surface area contributed by atoms with Crippen LogP contribution in [0.5, 0.6) is 0 Å². The van der Waals surface area contributed by atoms with Crippen LogP contribution in [0.15, 0.2) is 60.8 Å². The highest BCUT2D eigenvalue weighted by atomic mass is 35.5. The molecule has 0 aliphatic heterocycles. The number of anilines is 4. The van der Waals surface area contributed by atoms with Gasteiger partial charge in [0, 0.05) is 35.2 Å². The lowest BCUT2D eigenvalue weighted by molar-refractivity contribution is -0.114. The number of aromatic nitrogens is 2. The van der Waals surface area contributed by atoms with Crippen molar-refractivity contribution in [2.24, 2.45) is 0 Å². The third-order valence-electron chi connectivity index (χ3n) is 3.45. The SMILES string of the molecule is CC(=O)Nc1ccc(NC(=O)c2ccnc(Nc3ccc(Cl)cc3)n2)cc1. The van der Waals surface area contributed by atoms with Crippen molar-refractivity contribution in [1.29, 1.82) is 0 Å². The Morgan fingerprint density at radius 2 is 1.44 bits per heavy atom. The molecular formula is C19H16ClN5O2. The van der Waals surface area contributed by atoms with Crippen molar-refractivity contribution >= 4 is 46.4 Å². The molecule has 0 aliphatic carbocycles.